The first-order valence-electron chi connectivity index (χ1n) is 51.8. The van der Waals surface area contributed by atoms with Crippen molar-refractivity contribution < 1.29 is 9.59 Å². The fourth-order valence-corrected chi connectivity index (χ4v) is 38.2. The van der Waals surface area contributed by atoms with Crippen molar-refractivity contribution in [3.05, 3.63) is 225 Å². The van der Waals surface area contributed by atoms with Crippen LogP contribution in [0.15, 0.2) is 169 Å². The maximum Gasteiger partial charge on any atom is 0.150 e. The Balaban J connectivity index is 0.626. The molecule has 722 valence electrons. The highest BCUT2D eigenvalue weighted by atomic mass is 32.2. The lowest BCUT2D eigenvalue weighted by Crippen LogP contribution is -1.87. The summed E-state index contributed by atoms with van der Waals surface area (Å²) in [5.41, 5.74) is 14.0. The highest BCUT2D eigenvalue weighted by molar-refractivity contribution is 7.34. The number of aldehydes is 2. The number of thiophene rings is 16. The first kappa shape index (κ1) is 103. The molecule has 0 radical (unpaired) electrons. The van der Waals surface area contributed by atoms with Crippen molar-refractivity contribution in [1.29, 1.82) is 0 Å². The van der Waals surface area contributed by atoms with Crippen LogP contribution in [0.1, 0.15) is 326 Å². The monoisotopic (exact) mass is 2120 g/mol. The molecular formula is C120H134O2S16. The average Bonchev–Trinajstić information content (AvgIpc) is 1.63. The largest absolute Gasteiger partial charge is 0.298 e. The van der Waals surface area contributed by atoms with Gasteiger partial charge in [0.25, 0.3) is 0 Å². The summed E-state index contributed by atoms with van der Waals surface area (Å²) >= 11 is 31.9. The van der Waals surface area contributed by atoms with Gasteiger partial charge >= 0.3 is 0 Å². The Hall–Kier alpha value is -6.24. The summed E-state index contributed by atoms with van der Waals surface area (Å²) in [5.74, 6) is 0. The topological polar surface area (TPSA) is 34.1 Å². The quantitative estimate of drug-likeness (QED) is 0.0281. The molecule has 0 fully saturated rings. The van der Waals surface area contributed by atoms with Gasteiger partial charge in [-0.15, -0.1) is 181 Å². The first-order chi connectivity index (χ1) is 67.9. The lowest BCUT2D eigenvalue weighted by Gasteiger charge is -2.02. The van der Waals surface area contributed by atoms with Crippen LogP contribution in [0.4, 0.5) is 0 Å². The minimum Gasteiger partial charge on any atom is -0.298 e. The molecule has 138 heavy (non-hydrogen) atoms. The summed E-state index contributed by atoms with van der Waals surface area (Å²) in [5, 5.41) is 2.31. The van der Waals surface area contributed by atoms with E-state index in [-0.39, 0.29) is 0 Å². The molecule has 1 aromatic carbocycles. The lowest BCUT2D eigenvalue weighted by molar-refractivity contribution is 0.112. The Morgan fingerprint density at radius 2 is 0.348 bits per heavy atom. The maximum atomic E-state index is 12.0. The molecule has 16 aromatic heterocycles. The highest BCUT2D eigenvalue weighted by Crippen LogP contribution is 2.57. The van der Waals surface area contributed by atoms with Gasteiger partial charge in [0.1, 0.15) is 12.6 Å². The minimum absolute atomic E-state index is 0.533. The number of hydrogen-bond donors (Lipinski definition) is 0. The van der Waals surface area contributed by atoms with E-state index in [1.54, 1.807) is 17.4 Å². The predicted molar refractivity (Wildman–Crippen MR) is 633 cm³/mol. The molecule has 16 heterocycles. The number of benzene rings is 1. The van der Waals surface area contributed by atoms with E-state index in [1.165, 1.54) is 396 Å². The molecule has 0 aliphatic heterocycles. The van der Waals surface area contributed by atoms with E-state index in [0.29, 0.717) is 11.1 Å². The van der Waals surface area contributed by atoms with Gasteiger partial charge in [-0.1, -0.05) is 209 Å². The fraction of sp³-hybridized carbons (Fsp3) is 0.400. The van der Waals surface area contributed by atoms with Gasteiger partial charge in [0.05, 0.1) is 0 Å². The number of unbranched alkanes of at least 4 members (excludes halogenated alkanes) is 24. The summed E-state index contributed by atoms with van der Waals surface area (Å²) in [4.78, 5) is 67.3. The van der Waals surface area contributed by atoms with Crippen LogP contribution in [0.5, 0.6) is 0 Å². The summed E-state index contributed by atoms with van der Waals surface area (Å²) < 4.78 is 0. The predicted octanol–water partition coefficient (Wildman–Crippen LogP) is 45.9. The molecule has 0 aliphatic carbocycles. The van der Waals surface area contributed by atoms with E-state index in [0.717, 1.165) is 74.4 Å². The molecule has 2 nitrogen and oxygen atoms in total. The van der Waals surface area contributed by atoms with Crippen LogP contribution in [0.25, 0.3) is 157 Å². The minimum atomic E-state index is 0.533. The molecule has 17 rings (SSSR count). The molecule has 0 unspecified atom stereocenters. The molecule has 0 saturated heterocycles. The Morgan fingerprint density at radius 1 is 0.167 bits per heavy atom. The smallest absolute Gasteiger partial charge is 0.150 e. The second-order valence-corrected chi connectivity index (χ2v) is 54.4. The van der Waals surface area contributed by atoms with Crippen LogP contribution in [-0.4, -0.2) is 12.6 Å². The third kappa shape index (κ3) is 26.0. The van der Waals surface area contributed by atoms with Crippen molar-refractivity contribution in [3.63, 3.8) is 0 Å². The molecule has 17 aromatic rings. The third-order valence-electron chi connectivity index (χ3n) is 26.7. The Bertz CT molecular complexity index is 6620. The number of carbonyl (C=O) groups is 2. The van der Waals surface area contributed by atoms with E-state index in [2.05, 4.69) is 252 Å². The molecule has 18 heteroatoms. The van der Waals surface area contributed by atoms with Gasteiger partial charge in [0.2, 0.25) is 0 Å². The number of rotatable bonds is 58. The van der Waals surface area contributed by atoms with Crippen LogP contribution in [-0.2, 0) is 51.4 Å². The van der Waals surface area contributed by atoms with E-state index >= 15 is 0 Å². The van der Waals surface area contributed by atoms with Crippen molar-refractivity contribution in [2.45, 2.75) is 312 Å². The van der Waals surface area contributed by atoms with Gasteiger partial charge in [-0.05, 0) is 322 Å². The summed E-state index contributed by atoms with van der Waals surface area (Å²) in [6.07, 6.45) is 50.6. The second kappa shape index (κ2) is 52.0. The second-order valence-electron chi connectivity index (χ2n) is 37.5. The molecule has 0 atom stereocenters. The van der Waals surface area contributed by atoms with Gasteiger partial charge < -0.3 is 0 Å². The SMILES string of the molecule is CCCCCCc1ccsc1-c1ccc(-c2ccc(-c3sc(-c4cc(CCCCCC)c(-c5ccc(-c6ccc(-c7sc(-c8cc(CCCCCC)c(-c9ccc(-c%10ccc(-c%11sc(-c%12cc(CCCCCC)c(-c%13ccc(-c%14ccc(-c%15sc(-c%16cc(C=O)cc(C=O)c%16)cc%15CCCCCC)s%14)s%13)s%12)cc%11CCCCCC)s%10)s9)s8)cc7CCCCCC)s6)s5)s4)cc3CCCCCC)s2)s1. The normalized spacial score (nSPS) is 11.8. The van der Waals surface area contributed by atoms with E-state index in [1.807, 2.05) is 137 Å². The highest BCUT2D eigenvalue weighted by Gasteiger charge is 2.28. The van der Waals surface area contributed by atoms with Gasteiger partial charge in [-0.25, -0.2) is 0 Å². The maximum absolute atomic E-state index is 12.0. The lowest BCUT2D eigenvalue weighted by atomic mass is 10.0. The van der Waals surface area contributed by atoms with Crippen molar-refractivity contribution in [3.8, 4) is 157 Å². The Kier molecular flexibility index (Phi) is 38.9. The zero-order valence-corrected chi connectivity index (χ0v) is 95.0. The molecule has 0 N–H and O–H groups in total. The number of carbonyl (C=O) groups excluding carboxylic acids is 2. The van der Waals surface area contributed by atoms with E-state index < -0.39 is 0 Å². The molecule has 0 saturated carbocycles. The summed E-state index contributed by atoms with van der Waals surface area (Å²) in [7, 11) is 0. The fourth-order valence-electron chi connectivity index (χ4n) is 19.0. The van der Waals surface area contributed by atoms with Gasteiger partial charge in [0, 0.05) is 162 Å². The molecule has 0 aliphatic rings. The van der Waals surface area contributed by atoms with Crippen molar-refractivity contribution in [1.82, 2.24) is 0 Å². The number of hydrogen-bond acceptors (Lipinski definition) is 18. The zero-order valence-electron chi connectivity index (χ0n) is 82.0. The molecular weight excluding hydrogens is 1990 g/mol. The van der Waals surface area contributed by atoms with E-state index in [9.17, 15) is 9.59 Å². The van der Waals surface area contributed by atoms with Gasteiger partial charge in [-0.3, -0.25) is 9.59 Å². The Morgan fingerprint density at radius 3 is 0.551 bits per heavy atom. The standard InChI is InChI=1S/C120H134O2S16/c1-9-17-25-33-41-81-65-66-123-113(81)98-57-49-90(124-98)91-51-59-100(126-91)115-83(43-35-27-19-11-3)71-107(133-115)108-73-85(45-37-29-21-13-5)117(135-108)102-61-53-94(128-102)95-55-63-104(130-95)119-87(47-39-31-23-15-7)75-111(137-119)112-76-88(48-40-32-24-16-8)120(138-112)105-64-56-97(131-105)96-54-62-103(129-96)118-86(46-38-30-22-14-6)74-110(136-118)109-72-84(44-36-28-20-12-4)116(134-109)101-60-52-93(127-101)92-50-58-99(125-92)114-82(42-34-26-18-10-2)70-106(132-114)89-68-79(77-121)67-80(69-89)78-122/h49-78H,9-48H2,1-8H3. The first-order valence-corrected chi connectivity index (χ1v) is 64.9. The van der Waals surface area contributed by atoms with Crippen molar-refractivity contribution in [2.75, 3.05) is 0 Å². The van der Waals surface area contributed by atoms with Crippen molar-refractivity contribution >= 4 is 194 Å². The third-order valence-corrected chi connectivity index (χ3v) is 47.4. The number of aryl methyl sites for hydroxylation is 8. The Labute approximate surface area is 887 Å². The van der Waals surface area contributed by atoms with Crippen LogP contribution < -0.4 is 0 Å². The molecule has 0 bridgehead atoms. The van der Waals surface area contributed by atoms with Crippen LogP contribution in [0, 0.1) is 0 Å². The van der Waals surface area contributed by atoms with Crippen LogP contribution in [0.3, 0.4) is 0 Å². The van der Waals surface area contributed by atoms with Crippen LogP contribution >= 0.6 is 181 Å². The molecule has 0 spiro atoms. The van der Waals surface area contributed by atoms with E-state index in [4.69, 9.17) is 0 Å². The van der Waals surface area contributed by atoms with Gasteiger partial charge in [0.15, 0.2) is 0 Å². The van der Waals surface area contributed by atoms with Crippen molar-refractivity contribution in [2.24, 2.45) is 0 Å². The molecule has 0 amide bonds. The summed E-state index contributed by atoms with van der Waals surface area (Å²) in [6, 6.07) is 64.6. The summed E-state index contributed by atoms with van der Waals surface area (Å²) in [6.45, 7) is 18.6. The average molecular weight is 2120 g/mol. The van der Waals surface area contributed by atoms with Crippen LogP contribution in [0.2, 0.25) is 0 Å². The zero-order chi connectivity index (χ0) is 95.1. The van der Waals surface area contributed by atoms with Gasteiger partial charge in [-0.2, -0.15) is 0 Å².